The summed E-state index contributed by atoms with van der Waals surface area (Å²) in [6.45, 7) is 0. The van der Waals surface area contributed by atoms with Crippen molar-refractivity contribution in [3.05, 3.63) is 34.1 Å². The third kappa shape index (κ3) is 1.95. The minimum Gasteiger partial charge on any atom is -0.336 e. The van der Waals surface area contributed by atoms with Crippen molar-refractivity contribution in [2.24, 2.45) is 0 Å². The summed E-state index contributed by atoms with van der Waals surface area (Å²) in [6.07, 6.45) is 4.04. The molecule has 1 atom stereocenters. The highest BCUT2D eigenvalue weighted by atomic mass is 79.9. The average Bonchev–Trinajstić information content (AvgIpc) is 2.90. The number of carbonyl (C=O) groups excluding carboxylic acids is 1. The van der Waals surface area contributed by atoms with Crippen LogP contribution in [0.15, 0.2) is 22.7 Å². The van der Waals surface area contributed by atoms with Crippen molar-refractivity contribution >= 4 is 21.8 Å². The van der Waals surface area contributed by atoms with Gasteiger partial charge in [0.05, 0.1) is 5.66 Å². The minimum absolute atomic E-state index is 0.131. The van der Waals surface area contributed by atoms with Crippen molar-refractivity contribution in [1.29, 1.82) is 0 Å². The molecule has 1 heterocycles. The van der Waals surface area contributed by atoms with Gasteiger partial charge in [-0.1, -0.05) is 15.9 Å². The summed E-state index contributed by atoms with van der Waals surface area (Å²) in [6, 6.07) is 4.10. The molecule has 1 amide bonds. The lowest BCUT2D eigenvalue weighted by Crippen LogP contribution is -2.46. The molecule has 1 unspecified atom stereocenters. The van der Waals surface area contributed by atoms with Crippen LogP contribution in [-0.2, 0) is 4.79 Å². The molecule has 2 aliphatic rings. The van der Waals surface area contributed by atoms with Gasteiger partial charge in [-0.15, -0.1) is 0 Å². The van der Waals surface area contributed by atoms with Gasteiger partial charge in [-0.2, -0.15) is 0 Å². The van der Waals surface area contributed by atoms with Crippen LogP contribution >= 0.6 is 15.9 Å². The maximum absolute atomic E-state index is 13.8. The Morgan fingerprint density at radius 1 is 1.33 bits per heavy atom. The highest BCUT2D eigenvalue weighted by molar-refractivity contribution is 9.10. The third-order valence-corrected chi connectivity index (χ3v) is 4.26. The van der Waals surface area contributed by atoms with Gasteiger partial charge < -0.3 is 5.32 Å². The molecule has 18 heavy (non-hydrogen) atoms. The van der Waals surface area contributed by atoms with Gasteiger partial charge in [0, 0.05) is 10.0 Å². The molecule has 1 aromatic rings. The van der Waals surface area contributed by atoms with E-state index in [1.807, 2.05) is 0 Å². The minimum atomic E-state index is -0.583. The largest absolute Gasteiger partial charge is 0.336 e. The second-order valence-electron chi connectivity index (χ2n) is 5.02. The molecule has 1 saturated carbocycles. The molecule has 2 fully saturated rings. The fourth-order valence-corrected chi connectivity index (χ4v) is 3.27. The van der Waals surface area contributed by atoms with E-state index in [0.29, 0.717) is 5.56 Å². The first-order chi connectivity index (χ1) is 8.60. The molecule has 5 heteroatoms. The van der Waals surface area contributed by atoms with Crippen LogP contribution in [0, 0.1) is 5.82 Å². The first kappa shape index (κ1) is 12.1. The lowest BCUT2D eigenvalue weighted by Gasteiger charge is -2.23. The second kappa shape index (κ2) is 4.31. The monoisotopic (exact) mass is 312 g/mol. The molecule has 0 radical (unpaired) electrons. The van der Waals surface area contributed by atoms with Gasteiger partial charge in [-0.3, -0.25) is 10.1 Å². The van der Waals surface area contributed by atoms with Crippen LogP contribution in [0.5, 0.6) is 0 Å². The highest BCUT2D eigenvalue weighted by Crippen LogP contribution is 2.35. The summed E-state index contributed by atoms with van der Waals surface area (Å²) in [5.41, 5.74) is 0.0990. The fraction of sp³-hybridized carbons (Fsp3) is 0.462. The number of rotatable bonds is 1. The van der Waals surface area contributed by atoms with Crippen LogP contribution in [0.3, 0.4) is 0 Å². The van der Waals surface area contributed by atoms with Gasteiger partial charge in [0.15, 0.2) is 0 Å². The zero-order chi connectivity index (χ0) is 12.8. The van der Waals surface area contributed by atoms with Gasteiger partial charge in [0.1, 0.15) is 11.9 Å². The first-order valence-corrected chi connectivity index (χ1v) is 6.94. The van der Waals surface area contributed by atoms with Crippen molar-refractivity contribution in [1.82, 2.24) is 10.6 Å². The Balaban J connectivity index is 1.93. The molecule has 1 aliphatic heterocycles. The van der Waals surface area contributed by atoms with E-state index in [4.69, 9.17) is 0 Å². The number of amides is 1. The Hall–Kier alpha value is -0.940. The zero-order valence-corrected chi connectivity index (χ0v) is 11.4. The molecule has 0 aromatic heterocycles. The fourth-order valence-electron chi connectivity index (χ4n) is 2.89. The Labute approximate surface area is 113 Å². The van der Waals surface area contributed by atoms with Crippen LogP contribution in [0.1, 0.15) is 37.3 Å². The van der Waals surface area contributed by atoms with Gasteiger partial charge in [-0.25, -0.2) is 4.39 Å². The van der Waals surface area contributed by atoms with Crippen LogP contribution in [0.4, 0.5) is 4.39 Å². The Morgan fingerprint density at radius 2 is 2.06 bits per heavy atom. The van der Waals surface area contributed by atoms with Gasteiger partial charge in [0.25, 0.3) is 0 Å². The SMILES string of the molecule is O=C1NC2(CCCC2)NC1c1cc(Br)ccc1F. The zero-order valence-electron chi connectivity index (χ0n) is 9.80. The summed E-state index contributed by atoms with van der Waals surface area (Å²) in [5.74, 6) is -0.477. The molecule has 0 bridgehead atoms. The molecular formula is C13H14BrFN2O. The maximum atomic E-state index is 13.8. The predicted octanol–water partition coefficient (Wildman–Crippen LogP) is 2.62. The van der Waals surface area contributed by atoms with E-state index < -0.39 is 6.04 Å². The maximum Gasteiger partial charge on any atom is 0.243 e. The van der Waals surface area contributed by atoms with Crippen molar-refractivity contribution in [3.8, 4) is 0 Å². The molecule has 1 aliphatic carbocycles. The van der Waals surface area contributed by atoms with Crippen LogP contribution in [0.2, 0.25) is 0 Å². The van der Waals surface area contributed by atoms with Crippen LogP contribution in [-0.4, -0.2) is 11.6 Å². The lowest BCUT2D eigenvalue weighted by molar-refractivity contribution is -0.121. The van der Waals surface area contributed by atoms with E-state index in [2.05, 4.69) is 26.6 Å². The topological polar surface area (TPSA) is 41.1 Å². The molecule has 1 saturated heterocycles. The normalized spacial score (nSPS) is 25.7. The van der Waals surface area contributed by atoms with Crippen molar-refractivity contribution in [2.75, 3.05) is 0 Å². The molecule has 1 spiro atoms. The molecular weight excluding hydrogens is 299 g/mol. The Kier molecular flexibility index (Phi) is 2.90. The van der Waals surface area contributed by atoms with Crippen molar-refractivity contribution in [2.45, 2.75) is 37.4 Å². The Bertz CT molecular complexity index is 500. The number of benzene rings is 1. The smallest absolute Gasteiger partial charge is 0.243 e. The quantitative estimate of drug-likeness (QED) is 0.837. The van der Waals surface area contributed by atoms with E-state index in [1.54, 1.807) is 12.1 Å². The number of carbonyl (C=O) groups is 1. The van der Waals surface area contributed by atoms with E-state index >= 15 is 0 Å². The average molecular weight is 313 g/mol. The van der Waals surface area contributed by atoms with Crippen molar-refractivity contribution < 1.29 is 9.18 Å². The number of halogens is 2. The van der Waals surface area contributed by atoms with E-state index in [-0.39, 0.29) is 17.4 Å². The highest BCUT2D eigenvalue weighted by Gasteiger charge is 2.46. The number of nitrogens with one attached hydrogen (secondary N) is 2. The third-order valence-electron chi connectivity index (χ3n) is 3.77. The predicted molar refractivity (Wildman–Crippen MR) is 69.3 cm³/mol. The summed E-state index contributed by atoms with van der Waals surface area (Å²) >= 11 is 3.31. The molecule has 1 aromatic carbocycles. The molecule has 3 nitrogen and oxygen atoms in total. The summed E-state index contributed by atoms with van der Waals surface area (Å²) in [5, 5.41) is 6.27. The van der Waals surface area contributed by atoms with Gasteiger partial charge in [-0.05, 0) is 43.9 Å². The van der Waals surface area contributed by atoms with Crippen LogP contribution in [0.25, 0.3) is 0 Å². The summed E-state index contributed by atoms with van der Waals surface area (Å²) < 4.78 is 14.6. The van der Waals surface area contributed by atoms with Crippen LogP contribution < -0.4 is 10.6 Å². The van der Waals surface area contributed by atoms with E-state index in [0.717, 1.165) is 30.2 Å². The van der Waals surface area contributed by atoms with Crippen molar-refractivity contribution in [3.63, 3.8) is 0 Å². The molecule has 3 rings (SSSR count). The standard InChI is InChI=1S/C13H14BrFN2O/c14-8-3-4-10(15)9(7-8)11-12(18)17-13(16-11)5-1-2-6-13/h3-4,7,11,16H,1-2,5-6H2,(H,17,18). The summed E-state index contributed by atoms with van der Waals surface area (Å²) in [7, 11) is 0. The molecule has 96 valence electrons. The van der Waals surface area contributed by atoms with E-state index in [9.17, 15) is 9.18 Å². The second-order valence-corrected chi connectivity index (χ2v) is 5.94. The Morgan fingerprint density at radius 3 is 2.78 bits per heavy atom. The van der Waals surface area contributed by atoms with E-state index in [1.165, 1.54) is 6.07 Å². The molecule has 2 N–H and O–H groups in total. The number of hydrogen-bond donors (Lipinski definition) is 2. The summed E-state index contributed by atoms with van der Waals surface area (Å²) in [4.78, 5) is 12.0. The van der Waals surface area contributed by atoms with Gasteiger partial charge in [0.2, 0.25) is 5.91 Å². The van der Waals surface area contributed by atoms with Gasteiger partial charge >= 0.3 is 0 Å². The number of hydrogen-bond acceptors (Lipinski definition) is 2. The lowest BCUT2D eigenvalue weighted by atomic mass is 10.1. The first-order valence-electron chi connectivity index (χ1n) is 6.14.